The zero-order valence-corrected chi connectivity index (χ0v) is 11.9. The molecule has 0 heterocycles. The Morgan fingerprint density at radius 3 is 2.58 bits per heavy atom. The van der Waals surface area contributed by atoms with E-state index in [1.54, 1.807) is 25.1 Å². The highest BCUT2D eigenvalue weighted by Gasteiger charge is 2.13. The Labute approximate surface area is 119 Å². The molecule has 0 aliphatic heterocycles. The molecule has 0 aliphatic carbocycles. The predicted octanol–water partition coefficient (Wildman–Crippen LogP) is 4.31. The molecule has 2 rings (SSSR count). The van der Waals surface area contributed by atoms with E-state index in [2.05, 4.69) is 15.9 Å². The number of benzene rings is 2. The standard InChI is InChI=1S/C15H13BrF2O/c1-9-2-3-10(7-14(9)18)15(19)8-11-6-12(17)4-5-13(11)16/h2-7,15,19H,8H2,1H3. The first kappa shape index (κ1) is 14.2. The number of hydrogen-bond donors (Lipinski definition) is 1. The van der Waals surface area contributed by atoms with Crippen molar-refractivity contribution in [2.24, 2.45) is 0 Å². The van der Waals surface area contributed by atoms with E-state index in [4.69, 9.17) is 0 Å². The maximum atomic E-state index is 13.4. The van der Waals surface area contributed by atoms with E-state index in [0.717, 1.165) is 4.47 Å². The lowest BCUT2D eigenvalue weighted by Gasteiger charge is -2.13. The van der Waals surface area contributed by atoms with E-state index in [1.165, 1.54) is 18.2 Å². The Morgan fingerprint density at radius 1 is 1.16 bits per heavy atom. The van der Waals surface area contributed by atoms with E-state index in [9.17, 15) is 13.9 Å². The molecule has 100 valence electrons. The highest BCUT2D eigenvalue weighted by atomic mass is 79.9. The number of aliphatic hydroxyl groups excluding tert-OH is 1. The van der Waals surface area contributed by atoms with Crippen LogP contribution in [0.4, 0.5) is 8.78 Å². The molecule has 0 aliphatic rings. The van der Waals surface area contributed by atoms with Crippen LogP contribution in [0.5, 0.6) is 0 Å². The summed E-state index contributed by atoms with van der Waals surface area (Å²) in [6, 6.07) is 8.90. The fraction of sp³-hybridized carbons (Fsp3) is 0.200. The zero-order valence-electron chi connectivity index (χ0n) is 10.3. The highest BCUT2D eigenvalue weighted by Crippen LogP contribution is 2.25. The molecule has 0 amide bonds. The number of halogens is 3. The van der Waals surface area contributed by atoms with Gasteiger partial charge >= 0.3 is 0 Å². The third kappa shape index (κ3) is 3.39. The van der Waals surface area contributed by atoms with E-state index < -0.39 is 6.10 Å². The van der Waals surface area contributed by atoms with Gasteiger partial charge in [0, 0.05) is 10.9 Å². The van der Waals surface area contributed by atoms with Gasteiger partial charge in [-0.15, -0.1) is 0 Å². The van der Waals surface area contributed by atoms with Gasteiger partial charge in [-0.25, -0.2) is 8.78 Å². The molecule has 1 atom stereocenters. The van der Waals surface area contributed by atoms with Gasteiger partial charge in [0.15, 0.2) is 0 Å². The summed E-state index contributed by atoms with van der Waals surface area (Å²) >= 11 is 3.31. The summed E-state index contributed by atoms with van der Waals surface area (Å²) in [5.41, 5.74) is 1.66. The Bertz CT molecular complexity index is 599. The molecule has 2 aromatic carbocycles. The lowest BCUT2D eigenvalue weighted by molar-refractivity contribution is 0.177. The minimum Gasteiger partial charge on any atom is -0.388 e. The van der Waals surface area contributed by atoms with Crippen molar-refractivity contribution in [1.82, 2.24) is 0 Å². The van der Waals surface area contributed by atoms with Crippen LogP contribution < -0.4 is 0 Å². The van der Waals surface area contributed by atoms with Crippen LogP contribution in [0.3, 0.4) is 0 Å². The topological polar surface area (TPSA) is 20.2 Å². The van der Waals surface area contributed by atoms with E-state index >= 15 is 0 Å². The summed E-state index contributed by atoms with van der Waals surface area (Å²) < 4.78 is 27.3. The lowest BCUT2D eigenvalue weighted by atomic mass is 10.0. The molecule has 0 bridgehead atoms. The van der Waals surface area contributed by atoms with Crippen LogP contribution in [0.25, 0.3) is 0 Å². The number of hydrogen-bond acceptors (Lipinski definition) is 1. The summed E-state index contributed by atoms with van der Waals surface area (Å²) in [7, 11) is 0. The van der Waals surface area contributed by atoms with Crippen molar-refractivity contribution in [1.29, 1.82) is 0 Å². The quantitative estimate of drug-likeness (QED) is 0.891. The number of aliphatic hydroxyl groups is 1. The molecule has 1 unspecified atom stereocenters. The number of aryl methyl sites for hydroxylation is 1. The Balaban J connectivity index is 2.22. The monoisotopic (exact) mass is 326 g/mol. The molecule has 0 radical (unpaired) electrons. The van der Waals surface area contributed by atoms with Gasteiger partial charge in [0.1, 0.15) is 11.6 Å². The predicted molar refractivity (Wildman–Crippen MR) is 73.9 cm³/mol. The van der Waals surface area contributed by atoms with Crippen molar-refractivity contribution in [3.63, 3.8) is 0 Å². The molecule has 0 aromatic heterocycles. The van der Waals surface area contributed by atoms with Crippen molar-refractivity contribution in [3.05, 3.63) is 69.2 Å². The average molecular weight is 327 g/mol. The first-order valence-electron chi connectivity index (χ1n) is 5.85. The zero-order chi connectivity index (χ0) is 14.0. The third-order valence-corrected chi connectivity index (χ3v) is 3.78. The smallest absolute Gasteiger partial charge is 0.126 e. The van der Waals surface area contributed by atoms with Gasteiger partial charge in [0.25, 0.3) is 0 Å². The Morgan fingerprint density at radius 2 is 1.89 bits per heavy atom. The van der Waals surface area contributed by atoms with Crippen LogP contribution in [0, 0.1) is 18.6 Å². The molecule has 4 heteroatoms. The van der Waals surface area contributed by atoms with Gasteiger partial charge in [-0.3, -0.25) is 0 Å². The molecule has 0 saturated heterocycles. The largest absolute Gasteiger partial charge is 0.388 e. The second-order valence-electron chi connectivity index (χ2n) is 4.46. The van der Waals surface area contributed by atoms with Crippen LogP contribution in [-0.2, 0) is 6.42 Å². The van der Waals surface area contributed by atoms with E-state index in [-0.39, 0.29) is 18.1 Å². The molecular weight excluding hydrogens is 314 g/mol. The van der Waals surface area contributed by atoms with E-state index in [0.29, 0.717) is 16.7 Å². The minimum absolute atomic E-state index is 0.223. The normalized spacial score (nSPS) is 12.5. The van der Waals surface area contributed by atoms with Crippen LogP contribution in [0.15, 0.2) is 40.9 Å². The first-order valence-corrected chi connectivity index (χ1v) is 6.64. The van der Waals surface area contributed by atoms with Crippen molar-refractivity contribution >= 4 is 15.9 Å². The van der Waals surface area contributed by atoms with Gasteiger partial charge in [0.05, 0.1) is 6.10 Å². The molecule has 0 fully saturated rings. The molecular formula is C15H13BrF2O. The summed E-state index contributed by atoms with van der Waals surface area (Å²) in [5.74, 6) is -0.713. The fourth-order valence-electron chi connectivity index (χ4n) is 1.84. The van der Waals surface area contributed by atoms with Gasteiger partial charge in [-0.2, -0.15) is 0 Å². The summed E-state index contributed by atoms with van der Waals surface area (Å²) in [6.45, 7) is 1.66. The third-order valence-electron chi connectivity index (χ3n) is 3.00. The highest BCUT2D eigenvalue weighted by molar-refractivity contribution is 9.10. The Hall–Kier alpha value is -1.26. The second-order valence-corrected chi connectivity index (χ2v) is 5.32. The molecule has 0 saturated carbocycles. The second kappa shape index (κ2) is 5.80. The molecule has 1 nitrogen and oxygen atoms in total. The van der Waals surface area contributed by atoms with Gasteiger partial charge in [-0.05, 0) is 47.9 Å². The summed E-state index contributed by atoms with van der Waals surface area (Å²) in [6.07, 6.45) is -0.644. The number of rotatable bonds is 3. The first-order chi connectivity index (χ1) is 8.97. The SMILES string of the molecule is Cc1ccc(C(O)Cc2cc(F)ccc2Br)cc1F. The van der Waals surface area contributed by atoms with Gasteiger partial charge in [0.2, 0.25) is 0 Å². The van der Waals surface area contributed by atoms with Gasteiger partial charge < -0.3 is 5.11 Å². The summed E-state index contributed by atoms with van der Waals surface area (Å²) in [4.78, 5) is 0. The van der Waals surface area contributed by atoms with Crippen LogP contribution in [0.1, 0.15) is 22.8 Å². The van der Waals surface area contributed by atoms with Crippen molar-refractivity contribution in [2.75, 3.05) is 0 Å². The minimum atomic E-state index is -0.867. The van der Waals surface area contributed by atoms with E-state index in [1.807, 2.05) is 0 Å². The summed E-state index contributed by atoms with van der Waals surface area (Å²) in [5, 5.41) is 10.1. The van der Waals surface area contributed by atoms with Crippen LogP contribution >= 0.6 is 15.9 Å². The van der Waals surface area contributed by atoms with Crippen LogP contribution in [0.2, 0.25) is 0 Å². The average Bonchev–Trinajstić information content (AvgIpc) is 2.37. The van der Waals surface area contributed by atoms with Crippen LogP contribution in [-0.4, -0.2) is 5.11 Å². The maximum absolute atomic E-state index is 13.4. The molecule has 0 spiro atoms. The van der Waals surface area contributed by atoms with Crippen molar-refractivity contribution < 1.29 is 13.9 Å². The van der Waals surface area contributed by atoms with Crippen molar-refractivity contribution in [3.8, 4) is 0 Å². The van der Waals surface area contributed by atoms with Crippen molar-refractivity contribution in [2.45, 2.75) is 19.4 Å². The maximum Gasteiger partial charge on any atom is 0.126 e. The molecule has 2 aromatic rings. The molecule has 1 N–H and O–H groups in total. The lowest BCUT2D eigenvalue weighted by Crippen LogP contribution is -2.03. The molecule has 19 heavy (non-hydrogen) atoms. The van der Waals surface area contributed by atoms with Gasteiger partial charge in [-0.1, -0.05) is 28.1 Å². The fourth-order valence-corrected chi connectivity index (χ4v) is 2.25. The Kier molecular flexibility index (Phi) is 4.32.